The van der Waals surface area contributed by atoms with Crippen molar-refractivity contribution in [3.63, 3.8) is 0 Å². The van der Waals surface area contributed by atoms with E-state index >= 15 is 0 Å². The molecule has 4 heterocycles. The normalized spacial score (nSPS) is 16.4. The standard InChI is InChI=1S/C29H29F3N8O/c1-3-38-12-13-39(19(2)17-38)18-22-6-5-21(15-24(22)29(30,31)32)28(41)36-26-14-20(10-11-34-26)4-7-23-16-35-27-9-8-25(33)37-40(23)27/h5-6,8-11,14-16,19H,3,12-13,17-18H2,1-2H3,(H2,33,37)(H,34,36,41). The van der Waals surface area contributed by atoms with Gasteiger partial charge in [-0.05, 0) is 61.4 Å². The van der Waals surface area contributed by atoms with Crippen molar-refractivity contribution in [1.29, 1.82) is 0 Å². The molecule has 41 heavy (non-hydrogen) atoms. The number of aromatic nitrogens is 4. The molecule has 0 spiro atoms. The van der Waals surface area contributed by atoms with Crippen molar-refractivity contribution in [2.45, 2.75) is 32.6 Å². The van der Waals surface area contributed by atoms with Crippen molar-refractivity contribution < 1.29 is 18.0 Å². The number of imidazole rings is 1. The maximum absolute atomic E-state index is 14.1. The zero-order valence-electron chi connectivity index (χ0n) is 22.6. The number of halogens is 3. The number of likely N-dealkylation sites (N-methyl/N-ethyl adjacent to an activating group) is 1. The Morgan fingerprint density at radius 2 is 1.95 bits per heavy atom. The second-order valence-electron chi connectivity index (χ2n) is 9.89. The van der Waals surface area contributed by atoms with Gasteiger partial charge >= 0.3 is 6.18 Å². The van der Waals surface area contributed by atoms with Crippen molar-refractivity contribution in [3.05, 3.63) is 82.8 Å². The number of benzene rings is 1. The lowest BCUT2D eigenvalue weighted by Crippen LogP contribution is -2.51. The molecule has 4 aromatic rings. The number of piperazine rings is 1. The van der Waals surface area contributed by atoms with E-state index in [4.69, 9.17) is 5.73 Å². The largest absolute Gasteiger partial charge is 0.416 e. The van der Waals surface area contributed by atoms with Crippen molar-refractivity contribution in [3.8, 4) is 11.8 Å². The minimum atomic E-state index is -4.61. The molecule has 0 radical (unpaired) electrons. The van der Waals surface area contributed by atoms with Crippen LogP contribution >= 0.6 is 0 Å². The summed E-state index contributed by atoms with van der Waals surface area (Å²) in [4.78, 5) is 25.6. The molecule has 1 amide bonds. The van der Waals surface area contributed by atoms with Gasteiger partial charge in [-0.1, -0.05) is 18.9 Å². The molecule has 1 aromatic carbocycles. The Balaban J connectivity index is 1.32. The number of hydrogen-bond acceptors (Lipinski definition) is 7. The molecule has 212 valence electrons. The first-order chi connectivity index (χ1) is 19.6. The highest BCUT2D eigenvalue weighted by Gasteiger charge is 2.35. The molecule has 1 aliphatic heterocycles. The highest BCUT2D eigenvalue weighted by Crippen LogP contribution is 2.34. The molecule has 1 aliphatic rings. The van der Waals surface area contributed by atoms with Crippen LogP contribution in [-0.4, -0.2) is 67.5 Å². The fraction of sp³-hybridized carbons (Fsp3) is 0.310. The third-order valence-corrected chi connectivity index (χ3v) is 7.07. The van der Waals surface area contributed by atoms with Crippen LogP contribution in [0.3, 0.4) is 0 Å². The van der Waals surface area contributed by atoms with Gasteiger partial charge in [0.25, 0.3) is 5.91 Å². The Morgan fingerprint density at radius 3 is 2.71 bits per heavy atom. The second kappa shape index (κ2) is 11.6. The summed E-state index contributed by atoms with van der Waals surface area (Å²) in [6, 6.07) is 10.4. The summed E-state index contributed by atoms with van der Waals surface area (Å²) in [5.41, 5.74) is 6.59. The average molecular weight is 563 g/mol. The number of nitrogens with one attached hydrogen (secondary N) is 1. The van der Waals surface area contributed by atoms with Gasteiger partial charge < -0.3 is 16.0 Å². The number of fused-ring (bicyclic) bond motifs is 1. The Hall–Kier alpha value is -4.47. The summed E-state index contributed by atoms with van der Waals surface area (Å²) < 4.78 is 43.7. The van der Waals surface area contributed by atoms with E-state index in [-0.39, 0.29) is 29.5 Å². The van der Waals surface area contributed by atoms with Crippen LogP contribution in [0.2, 0.25) is 0 Å². The molecule has 5 rings (SSSR count). The van der Waals surface area contributed by atoms with Crippen molar-refractivity contribution in [2.24, 2.45) is 0 Å². The minimum Gasteiger partial charge on any atom is -0.382 e. The Morgan fingerprint density at radius 1 is 1.12 bits per heavy atom. The minimum absolute atomic E-state index is 0.113. The highest BCUT2D eigenvalue weighted by molar-refractivity contribution is 6.04. The quantitative estimate of drug-likeness (QED) is 0.356. The number of nitrogens with two attached hydrogens (primary N) is 1. The monoisotopic (exact) mass is 562 g/mol. The summed E-state index contributed by atoms with van der Waals surface area (Å²) in [5, 5.41) is 6.77. The number of rotatable bonds is 5. The molecular formula is C29H29F3N8O. The number of pyridine rings is 1. The molecule has 3 aromatic heterocycles. The van der Waals surface area contributed by atoms with Gasteiger partial charge in [-0.2, -0.15) is 13.2 Å². The molecule has 3 N–H and O–H groups in total. The molecule has 1 saturated heterocycles. The Kier molecular flexibility index (Phi) is 7.92. The third kappa shape index (κ3) is 6.48. The Labute approximate surface area is 235 Å². The first kappa shape index (κ1) is 28.1. The van der Waals surface area contributed by atoms with E-state index in [9.17, 15) is 18.0 Å². The van der Waals surface area contributed by atoms with Gasteiger partial charge in [0.1, 0.15) is 17.3 Å². The first-order valence-electron chi connectivity index (χ1n) is 13.2. The fourth-order valence-corrected chi connectivity index (χ4v) is 4.81. The topological polar surface area (TPSA) is 105 Å². The van der Waals surface area contributed by atoms with E-state index < -0.39 is 17.6 Å². The van der Waals surface area contributed by atoms with Crippen molar-refractivity contribution >= 4 is 23.2 Å². The zero-order chi connectivity index (χ0) is 29.1. The molecule has 9 nitrogen and oxygen atoms in total. The lowest BCUT2D eigenvalue weighted by molar-refractivity contribution is -0.138. The van der Waals surface area contributed by atoms with Crippen LogP contribution in [0.5, 0.6) is 0 Å². The molecule has 12 heteroatoms. The zero-order valence-corrected chi connectivity index (χ0v) is 22.6. The number of anilines is 2. The number of carbonyl (C=O) groups is 1. The number of amides is 1. The summed E-state index contributed by atoms with van der Waals surface area (Å²) in [6.45, 7) is 7.46. The summed E-state index contributed by atoms with van der Waals surface area (Å²) >= 11 is 0. The van der Waals surface area contributed by atoms with Crippen LogP contribution < -0.4 is 11.1 Å². The lowest BCUT2D eigenvalue weighted by Gasteiger charge is -2.39. The number of nitrogen functional groups attached to an aromatic ring is 1. The second-order valence-corrected chi connectivity index (χ2v) is 9.89. The van der Waals surface area contributed by atoms with E-state index in [2.05, 4.69) is 44.0 Å². The molecule has 0 saturated carbocycles. The van der Waals surface area contributed by atoms with Crippen LogP contribution in [-0.2, 0) is 12.7 Å². The van der Waals surface area contributed by atoms with Crippen LogP contribution in [0.1, 0.15) is 46.6 Å². The maximum atomic E-state index is 14.1. The predicted molar refractivity (Wildman–Crippen MR) is 149 cm³/mol. The lowest BCUT2D eigenvalue weighted by atomic mass is 10.0. The molecule has 0 aliphatic carbocycles. The highest BCUT2D eigenvalue weighted by atomic mass is 19.4. The van der Waals surface area contributed by atoms with E-state index in [0.717, 1.165) is 25.7 Å². The van der Waals surface area contributed by atoms with Crippen molar-refractivity contribution in [1.82, 2.24) is 29.4 Å². The van der Waals surface area contributed by atoms with E-state index in [1.807, 2.05) is 11.8 Å². The Bertz CT molecular complexity index is 1640. The number of hydrogen-bond donors (Lipinski definition) is 2. The van der Waals surface area contributed by atoms with E-state index in [1.54, 1.807) is 24.4 Å². The van der Waals surface area contributed by atoms with Crippen molar-refractivity contribution in [2.75, 3.05) is 37.2 Å². The molecule has 0 bridgehead atoms. The van der Waals surface area contributed by atoms with Gasteiger partial charge in [0.05, 0.1) is 11.8 Å². The van der Waals surface area contributed by atoms with Crippen LogP contribution in [0.15, 0.2) is 54.9 Å². The number of alkyl halides is 3. The van der Waals surface area contributed by atoms with Gasteiger partial charge in [-0.25, -0.2) is 14.5 Å². The maximum Gasteiger partial charge on any atom is 0.416 e. The average Bonchev–Trinajstić information content (AvgIpc) is 3.34. The first-order valence-corrected chi connectivity index (χ1v) is 13.2. The molecular weight excluding hydrogens is 533 g/mol. The molecule has 1 atom stereocenters. The van der Waals surface area contributed by atoms with Gasteiger partial charge in [-0.15, -0.1) is 5.10 Å². The molecule has 1 fully saturated rings. The van der Waals surface area contributed by atoms with Crippen LogP contribution in [0.4, 0.5) is 24.8 Å². The van der Waals surface area contributed by atoms with Gasteiger partial charge in [-0.3, -0.25) is 9.69 Å². The molecule has 1 unspecified atom stereocenters. The number of nitrogens with zero attached hydrogens (tertiary/aromatic N) is 6. The summed E-state index contributed by atoms with van der Waals surface area (Å²) in [5.74, 6) is 5.68. The third-order valence-electron chi connectivity index (χ3n) is 7.07. The summed E-state index contributed by atoms with van der Waals surface area (Å²) in [7, 11) is 0. The predicted octanol–water partition coefficient (Wildman–Crippen LogP) is 3.90. The van der Waals surface area contributed by atoms with Gasteiger partial charge in [0.2, 0.25) is 0 Å². The van der Waals surface area contributed by atoms with Crippen LogP contribution in [0.25, 0.3) is 5.65 Å². The van der Waals surface area contributed by atoms with E-state index in [1.165, 1.54) is 28.9 Å². The summed E-state index contributed by atoms with van der Waals surface area (Å²) in [6.07, 6.45) is -1.59. The smallest absolute Gasteiger partial charge is 0.382 e. The SMILES string of the molecule is CCN1CCN(Cc2ccc(C(=O)Nc3cc(C#Cc4cnc5ccc(N)nn45)ccn3)cc2C(F)(F)F)C(C)C1. The van der Waals surface area contributed by atoms with Crippen LogP contribution in [0, 0.1) is 11.8 Å². The van der Waals surface area contributed by atoms with Gasteiger partial charge in [0, 0.05) is 49.5 Å². The number of carbonyl (C=O) groups excluding carboxylic acids is 1. The fourth-order valence-electron chi connectivity index (χ4n) is 4.81. The van der Waals surface area contributed by atoms with Gasteiger partial charge in [0.15, 0.2) is 5.65 Å². The van der Waals surface area contributed by atoms with E-state index in [0.29, 0.717) is 29.3 Å².